The summed E-state index contributed by atoms with van der Waals surface area (Å²) in [6, 6.07) is 0. The monoisotopic (exact) mass is 184 g/mol. The molecule has 1 nitrogen and oxygen atoms in total. The molecule has 1 aliphatic rings. The first-order chi connectivity index (χ1) is 5.95. The van der Waals surface area contributed by atoms with Gasteiger partial charge in [0.15, 0.2) is 0 Å². The maximum absolute atomic E-state index is 6.04. The van der Waals surface area contributed by atoms with E-state index in [4.69, 9.17) is 4.74 Å². The average molecular weight is 184 g/mol. The lowest BCUT2D eigenvalue weighted by molar-refractivity contribution is -0.141. The highest BCUT2D eigenvalue weighted by molar-refractivity contribution is 4.85. The lowest BCUT2D eigenvalue weighted by atomic mass is 9.74. The predicted molar refractivity (Wildman–Crippen MR) is 56.7 cm³/mol. The number of rotatable bonds is 1. The topological polar surface area (TPSA) is 9.23 Å². The molecule has 13 heavy (non-hydrogen) atoms. The van der Waals surface area contributed by atoms with E-state index in [0.29, 0.717) is 30.0 Å². The van der Waals surface area contributed by atoms with Crippen molar-refractivity contribution in [2.45, 2.75) is 53.8 Å². The lowest BCUT2D eigenvalue weighted by Gasteiger charge is -2.44. The van der Waals surface area contributed by atoms with Crippen LogP contribution >= 0.6 is 0 Å². The van der Waals surface area contributed by atoms with Gasteiger partial charge in [0.1, 0.15) is 0 Å². The van der Waals surface area contributed by atoms with E-state index in [0.717, 1.165) is 5.92 Å². The van der Waals surface area contributed by atoms with Gasteiger partial charge in [0.05, 0.1) is 12.2 Å². The van der Waals surface area contributed by atoms with Crippen LogP contribution in [0.1, 0.15) is 41.5 Å². The second kappa shape index (κ2) is 4.00. The van der Waals surface area contributed by atoms with E-state index < -0.39 is 0 Å². The summed E-state index contributed by atoms with van der Waals surface area (Å²) in [7, 11) is 0. The minimum absolute atomic E-state index is 0.429. The molecule has 78 valence electrons. The first-order valence-electron chi connectivity index (χ1n) is 5.60. The van der Waals surface area contributed by atoms with E-state index >= 15 is 0 Å². The summed E-state index contributed by atoms with van der Waals surface area (Å²) in [4.78, 5) is 0. The molecule has 1 heteroatoms. The Labute approximate surface area is 82.9 Å². The van der Waals surface area contributed by atoms with Crippen molar-refractivity contribution in [3.8, 4) is 0 Å². The zero-order chi connectivity index (χ0) is 10.2. The maximum atomic E-state index is 6.04. The normalized spacial score (nSPS) is 46.8. The van der Waals surface area contributed by atoms with Crippen LogP contribution in [-0.4, -0.2) is 12.2 Å². The highest BCUT2D eigenvalue weighted by atomic mass is 16.5. The Balaban J connectivity index is 2.70. The van der Waals surface area contributed by atoms with Crippen LogP contribution in [0.3, 0.4) is 0 Å². The van der Waals surface area contributed by atoms with Crippen molar-refractivity contribution >= 4 is 0 Å². The highest BCUT2D eigenvalue weighted by Crippen LogP contribution is 2.37. The highest BCUT2D eigenvalue weighted by Gasteiger charge is 2.37. The van der Waals surface area contributed by atoms with E-state index in [1.54, 1.807) is 0 Å². The third kappa shape index (κ3) is 2.07. The molecule has 0 N–H and O–H groups in total. The molecular formula is C12H24O. The Morgan fingerprint density at radius 3 is 1.85 bits per heavy atom. The molecule has 1 fully saturated rings. The van der Waals surface area contributed by atoms with Crippen molar-refractivity contribution in [3.05, 3.63) is 0 Å². The molecule has 0 aromatic carbocycles. The summed E-state index contributed by atoms with van der Waals surface area (Å²) in [5.41, 5.74) is 0. The summed E-state index contributed by atoms with van der Waals surface area (Å²) in [6.45, 7) is 13.7. The molecule has 1 saturated heterocycles. The maximum Gasteiger partial charge on any atom is 0.0629 e. The van der Waals surface area contributed by atoms with Gasteiger partial charge in [0.25, 0.3) is 0 Å². The molecule has 0 saturated carbocycles. The third-order valence-corrected chi connectivity index (χ3v) is 3.95. The number of ether oxygens (including phenoxy) is 1. The van der Waals surface area contributed by atoms with E-state index in [-0.39, 0.29) is 0 Å². The molecule has 5 atom stereocenters. The second-order valence-corrected chi connectivity index (χ2v) is 5.13. The molecule has 0 radical (unpaired) electrons. The second-order valence-electron chi connectivity index (χ2n) is 5.13. The van der Waals surface area contributed by atoms with Crippen molar-refractivity contribution in [1.29, 1.82) is 0 Å². The van der Waals surface area contributed by atoms with Gasteiger partial charge in [0, 0.05) is 0 Å². The van der Waals surface area contributed by atoms with E-state index in [2.05, 4.69) is 41.5 Å². The van der Waals surface area contributed by atoms with Crippen molar-refractivity contribution in [3.63, 3.8) is 0 Å². The van der Waals surface area contributed by atoms with Crippen molar-refractivity contribution in [2.75, 3.05) is 0 Å². The van der Waals surface area contributed by atoms with Crippen LogP contribution in [0.4, 0.5) is 0 Å². The van der Waals surface area contributed by atoms with Crippen molar-refractivity contribution in [2.24, 2.45) is 23.7 Å². The van der Waals surface area contributed by atoms with Gasteiger partial charge in [-0.1, -0.05) is 34.6 Å². The Bertz CT molecular complexity index is 165. The van der Waals surface area contributed by atoms with Crippen LogP contribution < -0.4 is 0 Å². The van der Waals surface area contributed by atoms with Crippen LogP contribution in [0.2, 0.25) is 0 Å². The van der Waals surface area contributed by atoms with Crippen LogP contribution in [-0.2, 0) is 4.74 Å². The summed E-state index contributed by atoms with van der Waals surface area (Å²) < 4.78 is 6.04. The average Bonchev–Trinajstić information content (AvgIpc) is 2.07. The predicted octanol–water partition coefficient (Wildman–Crippen LogP) is 3.34. The molecule has 0 amide bonds. The van der Waals surface area contributed by atoms with E-state index in [1.165, 1.54) is 0 Å². The summed E-state index contributed by atoms with van der Waals surface area (Å²) in [5.74, 6) is 2.83. The first-order valence-corrected chi connectivity index (χ1v) is 5.60. The molecule has 0 aromatic heterocycles. The van der Waals surface area contributed by atoms with Gasteiger partial charge in [-0.3, -0.25) is 0 Å². The number of hydrogen-bond donors (Lipinski definition) is 0. The third-order valence-electron chi connectivity index (χ3n) is 3.95. The summed E-state index contributed by atoms with van der Waals surface area (Å²) >= 11 is 0. The Hall–Kier alpha value is -0.0400. The zero-order valence-corrected chi connectivity index (χ0v) is 9.87. The van der Waals surface area contributed by atoms with Crippen LogP contribution in [0.25, 0.3) is 0 Å². The smallest absolute Gasteiger partial charge is 0.0629 e. The molecule has 1 rings (SSSR count). The van der Waals surface area contributed by atoms with E-state index in [1.807, 2.05) is 0 Å². The molecule has 1 unspecified atom stereocenters. The Morgan fingerprint density at radius 2 is 1.38 bits per heavy atom. The van der Waals surface area contributed by atoms with Gasteiger partial charge in [0.2, 0.25) is 0 Å². The van der Waals surface area contributed by atoms with Gasteiger partial charge in [-0.05, 0) is 30.6 Å². The summed E-state index contributed by atoms with van der Waals surface area (Å²) in [6.07, 6.45) is 0.889. The molecule has 0 aromatic rings. The molecule has 1 heterocycles. The molecule has 0 bridgehead atoms. The Morgan fingerprint density at radius 1 is 0.846 bits per heavy atom. The molecule has 0 spiro atoms. The van der Waals surface area contributed by atoms with Gasteiger partial charge in [-0.2, -0.15) is 0 Å². The quantitative estimate of drug-likeness (QED) is 0.607. The lowest BCUT2D eigenvalue weighted by Crippen LogP contribution is -2.45. The molecular weight excluding hydrogens is 160 g/mol. The van der Waals surface area contributed by atoms with Gasteiger partial charge in [-0.15, -0.1) is 0 Å². The fourth-order valence-corrected chi connectivity index (χ4v) is 2.47. The van der Waals surface area contributed by atoms with Crippen LogP contribution in [0.5, 0.6) is 0 Å². The minimum Gasteiger partial charge on any atom is -0.374 e. The fourth-order valence-electron chi connectivity index (χ4n) is 2.47. The van der Waals surface area contributed by atoms with Crippen LogP contribution in [0.15, 0.2) is 0 Å². The minimum atomic E-state index is 0.429. The SMILES string of the molecule is CC(C)C1O[C@H](C)[C@@H](C)[C@H](C)[C@H]1C. The van der Waals surface area contributed by atoms with Gasteiger partial charge in [-0.25, -0.2) is 0 Å². The fraction of sp³-hybridized carbons (Fsp3) is 1.00. The first kappa shape index (κ1) is 11.0. The van der Waals surface area contributed by atoms with E-state index in [9.17, 15) is 0 Å². The van der Waals surface area contributed by atoms with Crippen molar-refractivity contribution < 1.29 is 4.74 Å². The molecule has 1 aliphatic heterocycles. The summed E-state index contributed by atoms with van der Waals surface area (Å²) in [5, 5.41) is 0. The molecule has 0 aliphatic carbocycles. The zero-order valence-electron chi connectivity index (χ0n) is 9.87. The number of hydrogen-bond acceptors (Lipinski definition) is 1. The standard InChI is InChI=1S/C12H24O/c1-7(2)12-10(5)8(3)9(4)11(6)13-12/h7-12H,1-6H3/t8-,9-,10+,11+,12?/m0/s1. The van der Waals surface area contributed by atoms with Gasteiger partial charge < -0.3 is 4.74 Å². The Kier molecular flexibility index (Phi) is 3.39. The van der Waals surface area contributed by atoms with Crippen molar-refractivity contribution in [1.82, 2.24) is 0 Å². The largest absolute Gasteiger partial charge is 0.374 e. The van der Waals surface area contributed by atoms with Gasteiger partial charge >= 0.3 is 0 Å². The van der Waals surface area contributed by atoms with Crippen LogP contribution in [0, 0.1) is 23.7 Å².